The zero-order valence-electron chi connectivity index (χ0n) is 18.3. The molecule has 0 spiro atoms. The Balaban J connectivity index is 1.61. The van der Waals surface area contributed by atoms with Gasteiger partial charge in [0.15, 0.2) is 0 Å². The van der Waals surface area contributed by atoms with Gasteiger partial charge in [-0.2, -0.15) is 0 Å². The van der Waals surface area contributed by atoms with Gasteiger partial charge in [-0.3, -0.25) is 19.0 Å². The molecule has 7 nitrogen and oxygen atoms in total. The number of rotatable bonds is 4. The molecule has 1 unspecified atom stereocenters. The van der Waals surface area contributed by atoms with Crippen LogP contribution in [-0.2, 0) is 11.3 Å². The SMILES string of the molecule is Cc1ccc(NC(=O)c2sc3ncn(CC(=O)N4CCCCC4C)c(=O)c3c2C)c(Br)c1. The van der Waals surface area contributed by atoms with E-state index in [1.165, 1.54) is 22.2 Å². The number of aromatic nitrogens is 2. The molecule has 1 N–H and O–H groups in total. The molecule has 3 aromatic rings. The van der Waals surface area contributed by atoms with Crippen molar-refractivity contribution in [2.75, 3.05) is 11.9 Å². The number of halogens is 1. The third kappa shape index (κ3) is 4.36. The molecule has 1 aliphatic heterocycles. The molecule has 1 atom stereocenters. The maximum Gasteiger partial charge on any atom is 0.266 e. The van der Waals surface area contributed by atoms with Crippen LogP contribution in [0.15, 0.2) is 33.8 Å². The number of hydrogen-bond donors (Lipinski definition) is 1. The minimum absolute atomic E-state index is 0.0424. The molecule has 0 bridgehead atoms. The van der Waals surface area contributed by atoms with Crippen LogP contribution in [0, 0.1) is 13.8 Å². The fourth-order valence-electron chi connectivity index (χ4n) is 4.09. The fraction of sp³-hybridized carbons (Fsp3) is 0.391. The van der Waals surface area contributed by atoms with Crippen molar-refractivity contribution in [1.82, 2.24) is 14.5 Å². The summed E-state index contributed by atoms with van der Waals surface area (Å²) >= 11 is 4.65. The molecule has 1 fully saturated rings. The highest BCUT2D eigenvalue weighted by Gasteiger charge is 2.25. The van der Waals surface area contributed by atoms with Gasteiger partial charge in [-0.25, -0.2) is 4.98 Å². The second-order valence-corrected chi connectivity index (χ2v) is 10.1. The number of fused-ring (bicyclic) bond motifs is 1. The first-order valence-corrected chi connectivity index (χ1v) is 12.2. The van der Waals surface area contributed by atoms with E-state index in [-0.39, 0.29) is 30.0 Å². The van der Waals surface area contributed by atoms with E-state index in [0.29, 0.717) is 26.3 Å². The van der Waals surface area contributed by atoms with E-state index in [0.717, 1.165) is 35.8 Å². The molecule has 4 rings (SSSR count). The van der Waals surface area contributed by atoms with Gasteiger partial charge in [0, 0.05) is 17.1 Å². The number of nitrogens with one attached hydrogen (secondary N) is 1. The summed E-state index contributed by atoms with van der Waals surface area (Å²) < 4.78 is 2.14. The highest BCUT2D eigenvalue weighted by molar-refractivity contribution is 9.10. The minimum atomic E-state index is -0.294. The maximum atomic E-state index is 13.2. The second-order valence-electron chi connectivity index (χ2n) is 8.28. The molecule has 0 aliphatic carbocycles. The lowest BCUT2D eigenvalue weighted by Gasteiger charge is -2.33. The highest BCUT2D eigenvalue weighted by atomic mass is 79.9. The van der Waals surface area contributed by atoms with Crippen LogP contribution in [-0.4, -0.2) is 38.9 Å². The number of likely N-dealkylation sites (tertiary alicyclic amines) is 1. The number of amides is 2. The summed E-state index contributed by atoms with van der Waals surface area (Å²) in [4.78, 5) is 46.0. The predicted molar refractivity (Wildman–Crippen MR) is 130 cm³/mol. The van der Waals surface area contributed by atoms with E-state index in [1.54, 1.807) is 6.92 Å². The van der Waals surface area contributed by atoms with Crippen LogP contribution >= 0.6 is 27.3 Å². The lowest BCUT2D eigenvalue weighted by molar-refractivity contribution is -0.135. The summed E-state index contributed by atoms with van der Waals surface area (Å²) in [6.45, 7) is 6.45. The zero-order chi connectivity index (χ0) is 23.0. The van der Waals surface area contributed by atoms with Gasteiger partial charge < -0.3 is 10.2 Å². The van der Waals surface area contributed by atoms with E-state index in [2.05, 4.69) is 26.2 Å². The van der Waals surface area contributed by atoms with E-state index < -0.39 is 0 Å². The highest BCUT2D eigenvalue weighted by Crippen LogP contribution is 2.29. The first-order valence-electron chi connectivity index (χ1n) is 10.6. The number of nitrogens with zero attached hydrogens (tertiary/aromatic N) is 3. The van der Waals surface area contributed by atoms with Gasteiger partial charge in [0.2, 0.25) is 5.91 Å². The Morgan fingerprint density at radius 3 is 2.78 bits per heavy atom. The van der Waals surface area contributed by atoms with E-state index >= 15 is 0 Å². The van der Waals surface area contributed by atoms with Gasteiger partial charge in [0.25, 0.3) is 11.5 Å². The molecule has 2 amide bonds. The Labute approximate surface area is 198 Å². The van der Waals surface area contributed by atoms with Gasteiger partial charge in [0.1, 0.15) is 11.4 Å². The molecular formula is C23H25BrN4O3S. The van der Waals surface area contributed by atoms with E-state index in [4.69, 9.17) is 0 Å². The third-order valence-corrected chi connectivity index (χ3v) is 7.78. The van der Waals surface area contributed by atoms with Gasteiger partial charge >= 0.3 is 0 Å². The van der Waals surface area contributed by atoms with Crippen LogP contribution in [0.25, 0.3) is 10.2 Å². The number of thiophene rings is 1. The Morgan fingerprint density at radius 2 is 2.06 bits per heavy atom. The van der Waals surface area contributed by atoms with Crippen molar-refractivity contribution < 1.29 is 9.59 Å². The number of hydrogen-bond acceptors (Lipinski definition) is 5. The van der Waals surface area contributed by atoms with Crippen LogP contribution in [0.5, 0.6) is 0 Å². The zero-order valence-corrected chi connectivity index (χ0v) is 20.7. The molecule has 2 aromatic heterocycles. The maximum absolute atomic E-state index is 13.2. The summed E-state index contributed by atoms with van der Waals surface area (Å²) in [5.41, 5.74) is 2.02. The number of aryl methyl sites for hydroxylation is 2. The molecule has 9 heteroatoms. The average Bonchev–Trinajstić information content (AvgIpc) is 3.09. The molecule has 0 radical (unpaired) electrons. The van der Waals surface area contributed by atoms with Crippen LogP contribution in [0.1, 0.15) is 47.0 Å². The Bertz CT molecular complexity index is 1270. The second kappa shape index (κ2) is 9.15. The van der Waals surface area contributed by atoms with Gasteiger partial charge in [-0.15, -0.1) is 11.3 Å². The molecule has 32 heavy (non-hydrogen) atoms. The van der Waals surface area contributed by atoms with Crippen LogP contribution < -0.4 is 10.9 Å². The molecular weight excluding hydrogens is 492 g/mol. The lowest BCUT2D eigenvalue weighted by atomic mass is 10.0. The molecule has 0 saturated carbocycles. The molecule has 1 saturated heterocycles. The molecule has 168 valence electrons. The van der Waals surface area contributed by atoms with Crippen molar-refractivity contribution in [3.8, 4) is 0 Å². The van der Waals surface area contributed by atoms with Crippen LogP contribution in [0.2, 0.25) is 0 Å². The topological polar surface area (TPSA) is 84.3 Å². The van der Waals surface area contributed by atoms with Crippen molar-refractivity contribution in [3.05, 3.63) is 55.4 Å². The van der Waals surface area contributed by atoms with Crippen molar-refractivity contribution >= 4 is 55.0 Å². The average molecular weight is 517 g/mol. The Morgan fingerprint density at radius 1 is 1.28 bits per heavy atom. The number of carbonyl (C=O) groups is 2. The number of benzene rings is 1. The number of anilines is 1. The first kappa shape index (κ1) is 22.7. The summed E-state index contributed by atoms with van der Waals surface area (Å²) in [5.74, 6) is -0.366. The Kier molecular flexibility index (Phi) is 6.48. The standard InChI is InChI=1S/C23H25BrN4O3S/c1-13-7-8-17(16(24)10-13)26-21(30)20-15(3)19-22(32-20)25-12-27(23(19)31)11-18(29)28-9-5-4-6-14(28)2/h7-8,10,12,14H,4-6,9,11H2,1-3H3,(H,26,30). The van der Waals surface area contributed by atoms with E-state index in [9.17, 15) is 14.4 Å². The summed E-state index contributed by atoms with van der Waals surface area (Å²) in [6, 6.07) is 5.85. The van der Waals surface area contributed by atoms with Crippen molar-refractivity contribution in [1.29, 1.82) is 0 Å². The van der Waals surface area contributed by atoms with Crippen molar-refractivity contribution in [2.24, 2.45) is 0 Å². The smallest absolute Gasteiger partial charge is 0.266 e. The largest absolute Gasteiger partial charge is 0.338 e. The summed E-state index contributed by atoms with van der Waals surface area (Å²) in [6.07, 6.45) is 4.50. The predicted octanol–water partition coefficient (Wildman–Crippen LogP) is 4.49. The van der Waals surface area contributed by atoms with Crippen LogP contribution in [0.3, 0.4) is 0 Å². The van der Waals surface area contributed by atoms with Gasteiger partial charge in [-0.05, 0) is 79.2 Å². The van der Waals surface area contributed by atoms with E-state index in [1.807, 2.05) is 36.9 Å². The first-order chi connectivity index (χ1) is 15.3. The minimum Gasteiger partial charge on any atom is -0.338 e. The lowest BCUT2D eigenvalue weighted by Crippen LogP contribution is -2.44. The molecule has 3 heterocycles. The van der Waals surface area contributed by atoms with Crippen LogP contribution in [0.4, 0.5) is 5.69 Å². The van der Waals surface area contributed by atoms with Gasteiger partial charge in [0.05, 0.1) is 22.3 Å². The quantitative estimate of drug-likeness (QED) is 0.553. The van der Waals surface area contributed by atoms with Crippen molar-refractivity contribution in [2.45, 2.75) is 52.6 Å². The number of carbonyl (C=O) groups excluding carboxylic acids is 2. The molecule has 1 aromatic carbocycles. The monoisotopic (exact) mass is 516 g/mol. The summed E-state index contributed by atoms with van der Waals surface area (Å²) in [7, 11) is 0. The Hall–Kier alpha value is -2.52. The molecule has 1 aliphatic rings. The summed E-state index contributed by atoms with van der Waals surface area (Å²) in [5, 5.41) is 3.29. The fourth-order valence-corrected chi connectivity index (χ4v) is 5.72. The normalized spacial score (nSPS) is 16.4. The van der Waals surface area contributed by atoms with Gasteiger partial charge in [-0.1, -0.05) is 6.07 Å². The number of piperidine rings is 1. The van der Waals surface area contributed by atoms with Crippen molar-refractivity contribution in [3.63, 3.8) is 0 Å². The third-order valence-electron chi connectivity index (χ3n) is 5.93.